The van der Waals surface area contributed by atoms with Crippen molar-refractivity contribution in [1.82, 2.24) is 9.62 Å². The fourth-order valence-corrected chi connectivity index (χ4v) is 4.17. The summed E-state index contributed by atoms with van der Waals surface area (Å²) in [5.74, 6) is 0.320. The maximum absolute atomic E-state index is 12.9. The minimum absolute atomic E-state index is 0.245. The highest BCUT2D eigenvalue weighted by molar-refractivity contribution is 7.90. The predicted molar refractivity (Wildman–Crippen MR) is 97.3 cm³/mol. The van der Waals surface area contributed by atoms with Crippen molar-refractivity contribution in [3.63, 3.8) is 0 Å². The van der Waals surface area contributed by atoms with E-state index in [0.29, 0.717) is 17.9 Å². The molecule has 0 unspecified atom stereocenters. The van der Waals surface area contributed by atoms with E-state index in [9.17, 15) is 8.42 Å². The van der Waals surface area contributed by atoms with Crippen LogP contribution in [0.3, 0.4) is 0 Å². The van der Waals surface area contributed by atoms with Gasteiger partial charge in [-0.05, 0) is 32.2 Å². The highest BCUT2D eigenvalue weighted by atomic mass is 32.2. The Morgan fingerprint density at radius 3 is 2.50 bits per heavy atom. The molecule has 24 heavy (non-hydrogen) atoms. The zero-order valence-corrected chi connectivity index (χ0v) is 14.9. The van der Waals surface area contributed by atoms with Gasteiger partial charge >= 0.3 is 0 Å². The Morgan fingerprint density at radius 2 is 1.79 bits per heavy atom. The van der Waals surface area contributed by atoms with Gasteiger partial charge in [0.15, 0.2) is 0 Å². The van der Waals surface area contributed by atoms with E-state index in [1.54, 1.807) is 18.2 Å². The van der Waals surface area contributed by atoms with Crippen LogP contribution in [0.5, 0.6) is 0 Å². The summed E-state index contributed by atoms with van der Waals surface area (Å²) in [6, 6.07) is 12.7. The normalized spacial score (nSPS) is 15.7. The Balaban J connectivity index is 2.01. The van der Waals surface area contributed by atoms with Gasteiger partial charge < -0.3 is 4.90 Å². The smallest absolute Gasteiger partial charge is 0.264 e. The van der Waals surface area contributed by atoms with Crippen LogP contribution in [-0.2, 0) is 10.0 Å². The molecule has 0 bridgehead atoms. The molecule has 0 amide bonds. The number of hydrogen-bond donors (Lipinski definition) is 1. The SMILES string of the molecule is C=C1CN=C(NS(=O)(=O)c2cccc3ccccc23)N1C(C)(C)C. The van der Waals surface area contributed by atoms with Gasteiger partial charge in [-0.2, -0.15) is 0 Å². The van der Waals surface area contributed by atoms with Gasteiger partial charge in [0.1, 0.15) is 0 Å². The number of nitrogens with one attached hydrogen (secondary N) is 1. The molecule has 1 heterocycles. The van der Waals surface area contributed by atoms with E-state index in [-0.39, 0.29) is 10.4 Å². The van der Waals surface area contributed by atoms with Gasteiger partial charge in [0.05, 0.1) is 11.4 Å². The van der Waals surface area contributed by atoms with E-state index < -0.39 is 10.0 Å². The number of hydrogen-bond acceptors (Lipinski definition) is 4. The van der Waals surface area contributed by atoms with Gasteiger partial charge in [-0.3, -0.25) is 0 Å². The lowest BCUT2D eigenvalue weighted by atomic mass is 10.1. The summed E-state index contributed by atoms with van der Waals surface area (Å²) in [6.07, 6.45) is 0. The molecule has 3 rings (SSSR count). The predicted octanol–water partition coefficient (Wildman–Crippen LogP) is 3.10. The van der Waals surface area contributed by atoms with Crippen molar-refractivity contribution in [3.05, 3.63) is 54.7 Å². The van der Waals surface area contributed by atoms with Crippen LogP contribution in [0.15, 0.2) is 64.6 Å². The van der Waals surface area contributed by atoms with E-state index >= 15 is 0 Å². The second kappa shape index (κ2) is 5.63. The Morgan fingerprint density at radius 1 is 1.12 bits per heavy atom. The first-order valence-electron chi connectivity index (χ1n) is 7.73. The monoisotopic (exact) mass is 343 g/mol. The number of benzene rings is 2. The van der Waals surface area contributed by atoms with E-state index in [2.05, 4.69) is 16.3 Å². The number of rotatable bonds is 2. The fraction of sp³-hybridized carbons (Fsp3) is 0.278. The van der Waals surface area contributed by atoms with Crippen LogP contribution in [0.4, 0.5) is 0 Å². The van der Waals surface area contributed by atoms with E-state index in [0.717, 1.165) is 11.1 Å². The summed E-state index contributed by atoms with van der Waals surface area (Å²) in [6.45, 7) is 10.3. The zero-order chi connectivity index (χ0) is 17.5. The quantitative estimate of drug-likeness (QED) is 0.911. The molecular weight excluding hydrogens is 322 g/mol. The van der Waals surface area contributed by atoms with Crippen molar-refractivity contribution < 1.29 is 8.42 Å². The van der Waals surface area contributed by atoms with Crippen LogP contribution < -0.4 is 4.72 Å². The maximum atomic E-state index is 12.9. The fourth-order valence-electron chi connectivity index (χ4n) is 2.93. The zero-order valence-electron chi connectivity index (χ0n) is 14.1. The van der Waals surface area contributed by atoms with Crippen molar-refractivity contribution in [2.24, 2.45) is 4.99 Å². The maximum Gasteiger partial charge on any atom is 0.264 e. The molecule has 2 aromatic rings. The molecule has 0 fully saturated rings. The van der Waals surface area contributed by atoms with Gasteiger partial charge in [-0.25, -0.2) is 18.1 Å². The topological polar surface area (TPSA) is 61.8 Å². The van der Waals surface area contributed by atoms with Crippen LogP contribution in [0.2, 0.25) is 0 Å². The van der Waals surface area contributed by atoms with Crippen molar-refractivity contribution in [2.75, 3.05) is 6.54 Å². The standard InChI is InChI=1S/C18H21N3O2S/c1-13-12-19-17(21(13)18(2,3)4)20-24(22,23)16-11-7-9-14-8-5-6-10-15(14)16/h5-11H,1,12H2,2-4H3,(H,19,20). The van der Waals surface area contributed by atoms with Gasteiger partial charge in [-0.1, -0.05) is 43.0 Å². The van der Waals surface area contributed by atoms with Crippen LogP contribution in [0.1, 0.15) is 20.8 Å². The molecule has 0 saturated heterocycles. The van der Waals surface area contributed by atoms with E-state index in [4.69, 9.17) is 0 Å². The average molecular weight is 343 g/mol. The van der Waals surface area contributed by atoms with Crippen molar-refractivity contribution in [3.8, 4) is 0 Å². The lowest BCUT2D eigenvalue weighted by Gasteiger charge is -2.35. The number of aliphatic imine (C=N–C) groups is 1. The molecule has 0 atom stereocenters. The largest absolute Gasteiger partial charge is 0.309 e. The van der Waals surface area contributed by atoms with E-state index in [1.165, 1.54) is 0 Å². The molecule has 6 heteroatoms. The first-order chi connectivity index (χ1) is 11.2. The lowest BCUT2D eigenvalue weighted by molar-refractivity contribution is 0.295. The molecule has 0 aliphatic carbocycles. The van der Waals surface area contributed by atoms with Crippen LogP contribution in [0, 0.1) is 0 Å². The van der Waals surface area contributed by atoms with Gasteiger partial charge in [0.25, 0.3) is 10.0 Å². The highest BCUT2D eigenvalue weighted by Crippen LogP contribution is 2.26. The molecular formula is C18H21N3O2S. The molecule has 2 aromatic carbocycles. The van der Waals surface area contributed by atoms with Crippen LogP contribution in [0.25, 0.3) is 10.8 Å². The Kier molecular flexibility index (Phi) is 3.87. The first-order valence-corrected chi connectivity index (χ1v) is 9.21. The summed E-state index contributed by atoms with van der Waals surface area (Å²) < 4.78 is 28.5. The molecule has 1 aliphatic heterocycles. The van der Waals surface area contributed by atoms with Gasteiger partial charge in [-0.15, -0.1) is 0 Å². The third kappa shape index (κ3) is 2.89. The van der Waals surface area contributed by atoms with Crippen molar-refractivity contribution in [2.45, 2.75) is 31.2 Å². The van der Waals surface area contributed by atoms with Crippen LogP contribution >= 0.6 is 0 Å². The van der Waals surface area contributed by atoms with Crippen molar-refractivity contribution >= 4 is 26.8 Å². The van der Waals surface area contributed by atoms with Gasteiger partial charge in [0, 0.05) is 16.6 Å². The Labute approximate surface area is 142 Å². The Bertz CT molecular complexity index is 935. The highest BCUT2D eigenvalue weighted by Gasteiger charge is 2.33. The Hall–Kier alpha value is -2.34. The second-order valence-electron chi connectivity index (χ2n) is 6.80. The van der Waals surface area contributed by atoms with Gasteiger partial charge in [0.2, 0.25) is 5.96 Å². The molecule has 1 aliphatic rings. The summed E-state index contributed by atoms with van der Waals surface area (Å²) >= 11 is 0. The third-order valence-corrected chi connectivity index (χ3v) is 5.26. The first kappa shape index (κ1) is 16.5. The summed E-state index contributed by atoms with van der Waals surface area (Å²) in [5, 5.41) is 1.57. The minimum atomic E-state index is -3.75. The third-order valence-electron chi connectivity index (χ3n) is 3.87. The molecule has 1 N–H and O–H groups in total. The molecule has 0 aromatic heterocycles. The number of sulfonamides is 1. The second-order valence-corrected chi connectivity index (χ2v) is 8.45. The summed E-state index contributed by atoms with van der Waals surface area (Å²) in [4.78, 5) is 6.38. The number of fused-ring (bicyclic) bond motifs is 1. The van der Waals surface area contributed by atoms with E-state index in [1.807, 2.05) is 49.9 Å². The lowest BCUT2D eigenvalue weighted by Crippen LogP contribution is -2.49. The summed E-state index contributed by atoms with van der Waals surface area (Å²) in [7, 11) is -3.75. The number of guanidine groups is 1. The van der Waals surface area contributed by atoms with Crippen molar-refractivity contribution in [1.29, 1.82) is 0 Å². The molecule has 0 radical (unpaired) electrons. The average Bonchev–Trinajstić information content (AvgIpc) is 2.86. The molecule has 126 valence electrons. The minimum Gasteiger partial charge on any atom is -0.309 e. The van der Waals surface area contributed by atoms with Crippen LogP contribution in [-0.4, -0.2) is 31.4 Å². The molecule has 0 spiro atoms. The summed E-state index contributed by atoms with van der Waals surface area (Å²) in [5.41, 5.74) is 0.464. The molecule has 5 nitrogen and oxygen atoms in total. The molecule has 0 saturated carbocycles. The number of nitrogens with zero attached hydrogens (tertiary/aromatic N) is 2.